The Balaban J connectivity index is 1.46. The molecule has 3 aromatic rings. The summed E-state index contributed by atoms with van der Waals surface area (Å²) < 4.78 is 2.11. The highest BCUT2D eigenvalue weighted by molar-refractivity contribution is 7.09. The number of thiazole rings is 1. The summed E-state index contributed by atoms with van der Waals surface area (Å²) >= 11 is 1.52. The molecule has 1 aliphatic heterocycles. The Hall–Kier alpha value is -2.93. The molecule has 2 amide bonds. The molecule has 3 heterocycles. The second-order valence-electron chi connectivity index (χ2n) is 7.85. The molecule has 0 aliphatic carbocycles. The van der Waals surface area contributed by atoms with Crippen LogP contribution in [0, 0.1) is 0 Å². The quantitative estimate of drug-likeness (QED) is 0.530. The monoisotopic (exact) mass is 436 g/mol. The first-order chi connectivity index (χ1) is 15.2. The van der Waals surface area contributed by atoms with Crippen molar-refractivity contribution in [2.24, 2.45) is 0 Å². The molecule has 0 spiro atoms. The lowest BCUT2D eigenvalue weighted by Gasteiger charge is -2.23. The Morgan fingerprint density at radius 3 is 2.61 bits per heavy atom. The molecule has 7 heteroatoms. The summed E-state index contributed by atoms with van der Waals surface area (Å²) in [6.07, 6.45) is 5.06. The summed E-state index contributed by atoms with van der Waals surface area (Å²) in [5, 5.41) is 2.76. The van der Waals surface area contributed by atoms with Gasteiger partial charge in [-0.15, -0.1) is 11.3 Å². The Labute approximate surface area is 187 Å². The Morgan fingerprint density at radius 2 is 1.87 bits per heavy atom. The van der Waals surface area contributed by atoms with Crippen molar-refractivity contribution in [1.82, 2.24) is 19.4 Å². The minimum Gasteiger partial charge on any atom is -0.343 e. The topological polar surface area (TPSA) is 58.4 Å². The highest BCUT2D eigenvalue weighted by Crippen LogP contribution is 2.18. The van der Waals surface area contributed by atoms with Crippen molar-refractivity contribution in [3.63, 3.8) is 0 Å². The van der Waals surface area contributed by atoms with Crippen LogP contribution in [0.25, 0.3) is 0 Å². The van der Waals surface area contributed by atoms with E-state index in [-0.39, 0.29) is 11.8 Å². The van der Waals surface area contributed by atoms with Crippen LogP contribution >= 0.6 is 11.3 Å². The fourth-order valence-corrected chi connectivity index (χ4v) is 4.70. The molecule has 0 atom stereocenters. The van der Waals surface area contributed by atoms with E-state index in [0.717, 1.165) is 43.1 Å². The summed E-state index contributed by atoms with van der Waals surface area (Å²) in [4.78, 5) is 34.0. The zero-order valence-electron chi connectivity index (χ0n) is 17.9. The third kappa shape index (κ3) is 5.05. The first-order valence-corrected chi connectivity index (χ1v) is 11.8. The molecule has 1 fully saturated rings. The lowest BCUT2D eigenvalue weighted by molar-refractivity contribution is 0.0738. The van der Waals surface area contributed by atoms with Crippen LogP contribution in [0.1, 0.15) is 57.7 Å². The number of aromatic nitrogens is 2. The van der Waals surface area contributed by atoms with E-state index in [1.54, 1.807) is 0 Å². The van der Waals surface area contributed by atoms with Gasteiger partial charge in [0.25, 0.3) is 11.8 Å². The molecule has 162 valence electrons. The van der Waals surface area contributed by atoms with Crippen molar-refractivity contribution in [2.45, 2.75) is 39.3 Å². The molecule has 4 rings (SSSR count). The number of carbonyl (C=O) groups is 2. The van der Waals surface area contributed by atoms with E-state index in [9.17, 15) is 9.59 Å². The van der Waals surface area contributed by atoms with Gasteiger partial charge in [0.1, 0.15) is 10.7 Å². The second kappa shape index (κ2) is 9.92. The van der Waals surface area contributed by atoms with Crippen LogP contribution in [-0.4, -0.2) is 50.8 Å². The van der Waals surface area contributed by atoms with Crippen LogP contribution in [0.5, 0.6) is 0 Å². The molecular weight excluding hydrogens is 408 g/mol. The number of rotatable bonds is 8. The van der Waals surface area contributed by atoms with E-state index in [0.29, 0.717) is 30.9 Å². The summed E-state index contributed by atoms with van der Waals surface area (Å²) in [6.45, 7) is 5.58. The smallest absolute Gasteiger partial charge is 0.273 e. The molecule has 6 nitrogen and oxygen atoms in total. The molecular formula is C24H28N4O2S. The number of likely N-dealkylation sites (tertiary alicyclic amines) is 1. The fraction of sp³-hybridized carbons (Fsp3) is 0.375. The van der Waals surface area contributed by atoms with Crippen molar-refractivity contribution < 1.29 is 9.59 Å². The van der Waals surface area contributed by atoms with E-state index in [1.165, 1.54) is 11.3 Å². The van der Waals surface area contributed by atoms with E-state index >= 15 is 0 Å². The highest BCUT2D eigenvalue weighted by Gasteiger charge is 2.22. The van der Waals surface area contributed by atoms with Crippen molar-refractivity contribution in [3.8, 4) is 0 Å². The van der Waals surface area contributed by atoms with Crippen molar-refractivity contribution in [1.29, 1.82) is 0 Å². The largest absolute Gasteiger partial charge is 0.343 e. The molecule has 0 radical (unpaired) electrons. The van der Waals surface area contributed by atoms with Gasteiger partial charge in [0, 0.05) is 42.5 Å². The zero-order chi connectivity index (χ0) is 21.6. The average molecular weight is 437 g/mol. The lowest BCUT2D eigenvalue weighted by Crippen LogP contribution is -2.32. The van der Waals surface area contributed by atoms with Gasteiger partial charge in [-0.25, -0.2) is 4.98 Å². The third-order valence-corrected chi connectivity index (χ3v) is 6.38. The van der Waals surface area contributed by atoms with Gasteiger partial charge in [-0.2, -0.15) is 0 Å². The summed E-state index contributed by atoms with van der Waals surface area (Å²) in [5.41, 5.74) is 2.31. The van der Waals surface area contributed by atoms with E-state index in [2.05, 4.69) is 16.5 Å². The predicted octanol–water partition coefficient (Wildman–Crippen LogP) is 4.28. The number of amides is 2. The number of hydrogen-bond donors (Lipinski definition) is 0. The summed E-state index contributed by atoms with van der Waals surface area (Å²) in [7, 11) is 0. The van der Waals surface area contributed by atoms with Crippen LogP contribution in [0.4, 0.5) is 0 Å². The van der Waals surface area contributed by atoms with E-state index in [4.69, 9.17) is 0 Å². The maximum absolute atomic E-state index is 13.0. The minimum atomic E-state index is 0.0373. The molecule has 1 aromatic carbocycles. The van der Waals surface area contributed by atoms with Gasteiger partial charge in [-0.1, -0.05) is 25.1 Å². The van der Waals surface area contributed by atoms with Crippen LogP contribution < -0.4 is 0 Å². The number of benzene rings is 1. The van der Waals surface area contributed by atoms with Gasteiger partial charge >= 0.3 is 0 Å². The summed E-state index contributed by atoms with van der Waals surface area (Å²) in [5.74, 6) is 0.0817. The van der Waals surface area contributed by atoms with Crippen molar-refractivity contribution in [2.75, 3.05) is 19.6 Å². The summed E-state index contributed by atoms with van der Waals surface area (Å²) in [6, 6.07) is 13.5. The maximum atomic E-state index is 13.0. The van der Waals surface area contributed by atoms with E-state index in [1.807, 2.05) is 63.8 Å². The first kappa shape index (κ1) is 21.3. The molecule has 0 saturated carbocycles. The van der Waals surface area contributed by atoms with Gasteiger partial charge < -0.3 is 14.4 Å². The zero-order valence-corrected chi connectivity index (χ0v) is 18.7. The Bertz CT molecular complexity index is 1020. The van der Waals surface area contributed by atoms with Gasteiger partial charge in [-0.05, 0) is 43.5 Å². The van der Waals surface area contributed by atoms with Crippen LogP contribution in [0.2, 0.25) is 0 Å². The predicted molar refractivity (Wildman–Crippen MR) is 122 cm³/mol. The van der Waals surface area contributed by atoms with Gasteiger partial charge in [0.2, 0.25) is 0 Å². The standard InChI is InChI=1S/C24H28N4O2S/c1-2-12-28(23(29)19-9-4-3-5-10-19)16-20-11-8-15-27(20)17-22-25-21(18-31-22)24(30)26-13-6-7-14-26/h3-5,8-11,15,18H,2,6-7,12-14,16-17H2,1H3. The van der Waals surface area contributed by atoms with E-state index < -0.39 is 0 Å². The van der Waals surface area contributed by atoms with Gasteiger partial charge in [0.15, 0.2) is 0 Å². The number of carbonyl (C=O) groups excluding carboxylic acids is 2. The van der Waals surface area contributed by atoms with Crippen LogP contribution in [0.15, 0.2) is 54.0 Å². The normalized spacial score (nSPS) is 13.5. The third-order valence-electron chi connectivity index (χ3n) is 5.55. The fourth-order valence-electron chi connectivity index (χ4n) is 3.94. The highest BCUT2D eigenvalue weighted by atomic mass is 32.1. The molecule has 0 unspecified atom stereocenters. The van der Waals surface area contributed by atoms with Crippen molar-refractivity contribution >= 4 is 23.2 Å². The lowest BCUT2D eigenvalue weighted by atomic mass is 10.2. The molecule has 31 heavy (non-hydrogen) atoms. The molecule has 0 bridgehead atoms. The van der Waals surface area contributed by atoms with Crippen LogP contribution in [-0.2, 0) is 13.1 Å². The first-order valence-electron chi connectivity index (χ1n) is 10.9. The molecule has 1 saturated heterocycles. The molecule has 0 N–H and O–H groups in total. The second-order valence-corrected chi connectivity index (χ2v) is 8.79. The number of hydrogen-bond acceptors (Lipinski definition) is 4. The van der Waals surface area contributed by atoms with Gasteiger partial charge in [0.05, 0.1) is 13.1 Å². The Morgan fingerprint density at radius 1 is 1.10 bits per heavy atom. The molecule has 2 aromatic heterocycles. The minimum absolute atomic E-state index is 0.0373. The van der Waals surface area contributed by atoms with Crippen molar-refractivity contribution in [3.05, 3.63) is 76.0 Å². The van der Waals surface area contributed by atoms with Gasteiger partial charge in [-0.3, -0.25) is 9.59 Å². The molecule has 1 aliphatic rings. The average Bonchev–Trinajstić information content (AvgIpc) is 3.56. The maximum Gasteiger partial charge on any atom is 0.273 e. The Kier molecular flexibility index (Phi) is 6.82. The SMILES string of the molecule is CCCN(Cc1cccn1Cc1nc(C(=O)N2CCCC2)cs1)C(=O)c1ccccc1. The van der Waals surface area contributed by atoms with Crippen LogP contribution in [0.3, 0.4) is 0 Å². The number of nitrogens with zero attached hydrogens (tertiary/aromatic N) is 4.